The quantitative estimate of drug-likeness (QED) is 0.647. The lowest BCUT2D eigenvalue weighted by atomic mass is 10.2. The van der Waals surface area contributed by atoms with Crippen molar-refractivity contribution in [3.8, 4) is 0 Å². The van der Waals surface area contributed by atoms with E-state index in [-0.39, 0.29) is 5.82 Å². The SMILES string of the molecule is C[C@@H](c1ccc(F)cc1)[SiH](c1ccccc1)c1ccccc1. The Morgan fingerprint density at radius 1 is 0.682 bits per heavy atom. The Morgan fingerprint density at radius 2 is 1.14 bits per heavy atom. The van der Waals surface area contributed by atoms with Crippen molar-refractivity contribution in [2.45, 2.75) is 12.5 Å². The Hall–Kier alpha value is -2.19. The molecule has 0 bridgehead atoms. The molecule has 3 aromatic carbocycles. The van der Waals surface area contributed by atoms with E-state index in [9.17, 15) is 4.39 Å². The number of halogens is 1. The largest absolute Gasteiger partial charge is 0.207 e. The van der Waals surface area contributed by atoms with E-state index < -0.39 is 8.80 Å². The van der Waals surface area contributed by atoms with Gasteiger partial charge in [0, 0.05) is 0 Å². The predicted molar refractivity (Wildman–Crippen MR) is 94.1 cm³/mol. The molecule has 0 spiro atoms. The maximum absolute atomic E-state index is 13.2. The minimum Gasteiger partial charge on any atom is -0.207 e. The summed E-state index contributed by atoms with van der Waals surface area (Å²) in [5, 5.41) is 2.84. The lowest BCUT2D eigenvalue weighted by Gasteiger charge is -2.24. The second-order valence-corrected chi connectivity index (χ2v) is 8.93. The molecule has 0 aliphatic rings. The van der Waals surface area contributed by atoms with E-state index in [2.05, 4.69) is 67.6 Å². The van der Waals surface area contributed by atoms with Crippen LogP contribution in [0.15, 0.2) is 84.9 Å². The summed E-state index contributed by atoms with van der Waals surface area (Å²) in [5.41, 5.74) is 1.62. The van der Waals surface area contributed by atoms with Gasteiger partial charge >= 0.3 is 0 Å². The van der Waals surface area contributed by atoms with Gasteiger partial charge < -0.3 is 0 Å². The maximum Gasteiger partial charge on any atom is 0.123 e. The highest BCUT2D eigenvalue weighted by molar-refractivity contribution is 6.86. The van der Waals surface area contributed by atoms with E-state index in [0.29, 0.717) is 5.54 Å². The van der Waals surface area contributed by atoms with E-state index in [1.54, 1.807) is 12.1 Å². The van der Waals surface area contributed by atoms with E-state index in [1.807, 2.05) is 12.1 Å². The van der Waals surface area contributed by atoms with Gasteiger partial charge in [0.25, 0.3) is 0 Å². The Balaban J connectivity index is 2.04. The second kappa shape index (κ2) is 6.71. The summed E-state index contributed by atoms with van der Waals surface area (Å²) in [4.78, 5) is 0. The van der Waals surface area contributed by atoms with Crippen molar-refractivity contribution in [1.29, 1.82) is 0 Å². The fraction of sp³-hybridized carbons (Fsp3) is 0.100. The van der Waals surface area contributed by atoms with Crippen LogP contribution in [0.1, 0.15) is 18.0 Å². The van der Waals surface area contributed by atoms with Crippen LogP contribution in [0.4, 0.5) is 4.39 Å². The van der Waals surface area contributed by atoms with Crippen LogP contribution in [-0.2, 0) is 0 Å². The summed E-state index contributed by atoms with van der Waals surface area (Å²) in [6.07, 6.45) is 0. The maximum atomic E-state index is 13.2. The third-order valence-electron chi connectivity index (χ3n) is 4.21. The normalized spacial score (nSPS) is 12.3. The van der Waals surface area contributed by atoms with Crippen LogP contribution in [-0.4, -0.2) is 8.80 Å². The molecule has 0 aliphatic carbocycles. The van der Waals surface area contributed by atoms with Crippen LogP contribution in [0, 0.1) is 5.82 Å². The van der Waals surface area contributed by atoms with Crippen molar-refractivity contribution in [2.24, 2.45) is 0 Å². The van der Waals surface area contributed by atoms with Gasteiger partial charge in [0.2, 0.25) is 0 Å². The second-order valence-electron chi connectivity index (χ2n) is 5.64. The first-order valence-electron chi connectivity index (χ1n) is 7.61. The molecule has 3 aromatic rings. The van der Waals surface area contributed by atoms with E-state index >= 15 is 0 Å². The summed E-state index contributed by atoms with van der Waals surface area (Å²) in [6, 6.07) is 28.4. The summed E-state index contributed by atoms with van der Waals surface area (Å²) in [7, 11) is -1.41. The van der Waals surface area contributed by atoms with Crippen LogP contribution in [0.3, 0.4) is 0 Å². The molecule has 0 radical (unpaired) electrons. The standard InChI is InChI=1S/C20H19FSi/c1-16(17-12-14-18(21)15-13-17)22(19-8-4-2-5-9-19)20-10-6-3-7-11-20/h2-16,22H,1H3/t16-/m0/s1. The van der Waals surface area contributed by atoms with Crippen molar-refractivity contribution >= 4 is 19.2 Å². The highest BCUT2D eigenvalue weighted by Crippen LogP contribution is 2.19. The molecular weight excluding hydrogens is 287 g/mol. The van der Waals surface area contributed by atoms with Crippen molar-refractivity contribution in [1.82, 2.24) is 0 Å². The van der Waals surface area contributed by atoms with Gasteiger partial charge in [-0.3, -0.25) is 0 Å². The average Bonchev–Trinajstić information content (AvgIpc) is 2.57. The highest BCUT2D eigenvalue weighted by Gasteiger charge is 2.24. The Kier molecular flexibility index (Phi) is 4.49. The van der Waals surface area contributed by atoms with Crippen LogP contribution >= 0.6 is 0 Å². The molecule has 0 amide bonds. The molecule has 0 unspecified atom stereocenters. The lowest BCUT2D eigenvalue weighted by Crippen LogP contribution is -2.46. The van der Waals surface area contributed by atoms with Gasteiger partial charge in [0.1, 0.15) is 14.6 Å². The first-order valence-corrected chi connectivity index (χ1v) is 9.43. The first-order chi connectivity index (χ1) is 10.8. The molecule has 1 atom stereocenters. The van der Waals surface area contributed by atoms with Crippen LogP contribution in [0.2, 0.25) is 0 Å². The Labute approximate surface area is 132 Å². The molecule has 0 heterocycles. The van der Waals surface area contributed by atoms with Gasteiger partial charge in [0.15, 0.2) is 0 Å². The summed E-state index contributed by atoms with van der Waals surface area (Å²) in [5.74, 6) is -0.173. The van der Waals surface area contributed by atoms with E-state index in [0.717, 1.165) is 0 Å². The van der Waals surface area contributed by atoms with Crippen LogP contribution < -0.4 is 10.4 Å². The molecule has 0 aliphatic heterocycles. The smallest absolute Gasteiger partial charge is 0.123 e. The van der Waals surface area contributed by atoms with Gasteiger partial charge in [-0.05, 0) is 23.2 Å². The van der Waals surface area contributed by atoms with Crippen molar-refractivity contribution in [2.75, 3.05) is 0 Å². The van der Waals surface area contributed by atoms with Gasteiger partial charge in [-0.2, -0.15) is 0 Å². The molecule has 110 valence electrons. The van der Waals surface area contributed by atoms with Crippen molar-refractivity contribution in [3.05, 3.63) is 96.3 Å². The molecule has 0 saturated carbocycles. The van der Waals surface area contributed by atoms with Gasteiger partial charge in [-0.25, -0.2) is 4.39 Å². The average molecular weight is 306 g/mol. The van der Waals surface area contributed by atoms with Gasteiger partial charge in [-0.15, -0.1) is 0 Å². The molecule has 0 N–H and O–H groups in total. The third-order valence-corrected chi connectivity index (χ3v) is 7.80. The zero-order chi connectivity index (χ0) is 15.4. The highest BCUT2D eigenvalue weighted by atomic mass is 28.3. The zero-order valence-corrected chi connectivity index (χ0v) is 13.8. The lowest BCUT2D eigenvalue weighted by molar-refractivity contribution is 0.627. The van der Waals surface area contributed by atoms with Gasteiger partial charge in [-0.1, -0.05) is 90.1 Å². The van der Waals surface area contributed by atoms with Crippen LogP contribution in [0.25, 0.3) is 0 Å². The summed E-state index contributed by atoms with van der Waals surface area (Å²) in [6.45, 7) is 2.27. The topological polar surface area (TPSA) is 0 Å². The number of benzene rings is 3. The monoisotopic (exact) mass is 306 g/mol. The van der Waals surface area contributed by atoms with Gasteiger partial charge in [0.05, 0.1) is 0 Å². The molecule has 3 rings (SSSR count). The molecule has 0 fully saturated rings. The van der Waals surface area contributed by atoms with Crippen LogP contribution in [0.5, 0.6) is 0 Å². The fourth-order valence-electron chi connectivity index (χ4n) is 3.05. The fourth-order valence-corrected chi connectivity index (χ4v) is 6.47. The summed E-state index contributed by atoms with van der Waals surface area (Å²) >= 11 is 0. The zero-order valence-electron chi connectivity index (χ0n) is 12.6. The Bertz CT molecular complexity index is 668. The molecule has 0 saturated heterocycles. The molecule has 2 heteroatoms. The van der Waals surface area contributed by atoms with Crippen molar-refractivity contribution < 1.29 is 4.39 Å². The third kappa shape index (κ3) is 3.17. The minimum atomic E-state index is -1.41. The molecular formula is C20H19FSi. The number of rotatable bonds is 4. The molecule has 0 nitrogen and oxygen atoms in total. The van der Waals surface area contributed by atoms with Crippen molar-refractivity contribution in [3.63, 3.8) is 0 Å². The van der Waals surface area contributed by atoms with E-state index in [1.165, 1.54) is 15.9 Å². The minimum absolute atomic E-state index is 0.173. The predicted octanol–water partition coefficient (Wildman–Crippen LogP) is 3.51. The van der Waals surface area contributed by atoms with E-state index in [4.69, 9.17) is 0 Å². The number of hydrogen-bond donors (Lipinski definition) is 0. The Morgan fingerprint density at radius 3 is 1.59 bits per heavy atom. The first kappa shape index (κ1) is 14.7. The molecule has 22 heavy (non-hydrogen) atoms. The number of hydrogen-bond acceptors (Lipinski definition) is 0. The molecule has 0 aromatic heterocycles. The summed E-state index contributed by atoms with van der Waals surface area (Å²) < 4.78 is 13.2.